The SMILES string of the molecule is CCNC(=NCc1cccc(CN2CCCC2=O)c1)NCCc1c[nH]c2cc(C)ccc12. The molecule has 3 aromatic rings. The van der Waals surface area contributed by atoms with Crippen molar-refractivity contribution in [2.24, 2.45) is 4.99 Å². The van der Waals surface area contributed by atoms with E-state index >= 15 is 0 Å². The molecule has 0 spiro atoms. The van der Waals surface area contributed by atoms with Gasteiger partial charge in [0.05, 0.1) is 6.54 Å². The zero-order valence-electron chi connectivity index (χ0n) is 19.1. The van der Waals surface area contributed by atoms with Crippen LogP contribution >= 0.6 is 0 Å². The van der Waals surface area contributed by atoms with Gasteiger partial charge in [-0.1, -0.05) is 36.4 Å². The van der Waals surface area contributed by atoms with Crippen LogP contribution in [0.2, 0.25) is 0 Å². The third-order valence-corrected chi connectivity index (χ3v) is 5.91. The zero-order valence-corrected chi connectivity index (χ0v) is 19.1. The summed E-state index contributed by atoms with van der Waals surface area (Å²) in [6, 6.07) is 14.9. The maximum Gasteiger partial charge on any atom is 0.222 e. The van der Waals surface area contributed by atoms with Gasteiger partial charge in [0.2, 0.25) is 5.91 Å². The minimum Gasteiger partial charge on any atom is -0.361 e. The summed E-state index contributed by atoms with van der Waals surface area (Å²) in [6.07, 6.45) is 4.68. The molecule has 1 aliphatic rings. The van der Waals surface area contributed by atoms with Crippen molar-refractivity contribution in [2.45, 2.75) is 46.2 Å². The molecule has 1 aromatic heterocycles. The molecule has 6 nitrogen and oxygen atoms in total. The van der Waals surface area contributed by atoms with E-state index in [0.717, 1.165) is 44.0 Å². The van der Waals surface area contributed by atoms with Crippen LogP contribution in [0.15, 0.2) is 53.7 Å². The molecule has 3 N–H and O–H groups in total. The van der Waals surface area contributed by atoms with Gasteiger partial charge in [0.25, 0.3) is 0 Å². The Balaban J connectivity index is 1.34. The highest BCUT2D eigenvalue weighted by Gasteiger charge is 2.19. The van der Waals surface area contributed by atoms with Crippen molar-refractivity contribution in [3.8, 4) is 0 Å². The Morgan fingerprint density at radius 3 is 2.84 bits per heavy atom. The normalized spacial score (nSPS) is 14.4. The van der Waals surface area contributed by atoms with Crippen molar-refractivity contribution < 1.29 is 4.79 Å². The molecule has 0 radical (unpaired) electrons. The summed E-state index contributed by atoms with van der Waals surface area (Å²) in [5.41, 5.74) is 6.09. The molecule has 0 atom stereocenters. The van der Waals surface area contributed by atoms with Crippen LogP contribution in [0.1, 0.15) is 42.0 Å². The number of carbonyl (C=O) groups is 1. The number of aromatic amines is 1. The number of nitrogens with zero attached hydrogens (tertiary/aromatic N) is 2. The number of hydrogen-bond donors (Lipinski definition) is 3. The van der Waals surface area contributed by atoms with Gasteiger partial charge < -0.3 is 20.5 Å². The fourth-order valence-electron chi connectivity index (χ4n) is 4.25. The summed E-state index contributed by atoms with van der Waals surface area (Å²) < 4.78 is 0. The molecule has 4 rings (SSSR count). The molecular weight excluding hydrogens is 398 g/mol. The Morgan fingerprint density at radius 1 is 1.16 bits per heavy atom. The maximum absolute atomic E-state index is 11.9. The minimum absolute atomic E-state index is 0.261. The lowest BCUT2D eigenvalue weighted by atomic mass is 10.1. The van der Waals surface area contributed by atoms with E-state index in [1.165, 1.54) is 27.6 Å². The standard InChI is InChI=1S/C26H33N5O/c1-3-27-26(28-12-11-22-17-29-24-14-19(2)9-10-23(22)24)30-16-20-6-4-7-21(15-20)18-31-13-5-8-25(31)32/h4,6-7,9-10,14-15,17,29H,3,5,8,11-13,16,18H2,1-2H3,(H2,27,28,30). The smallest absolute Gasteiger partial charge is 0.222 e. The number of rotatable bonds is 8. The molecule has 0 saturated carbocycles. The predicted octanol–water partition coefficient (Wildman–Crippen LogP) is 3.90. The fraction of sp³-hybridized carbons (Fsp3) is 0.385. The number of aliphatic imine (C=N–C) groups is 1. The second kappa shape index (κ2) is 10.4. The number of carbonyl (C=O) groups excluding carboxylic acids is 1. The lowest BCUT2D eigenvalue weighted by Crippen LogP contribution is -2.38. The van der Waals surface area contributed by atoms with Crippen molar-refractivity contribution in [3.63, 3.8) is 0 Å². The van der Waals surface area contributed by atoms with E-state index in [1.54, 1.807) is 0 Å². The molecule has 1 amide bonds. The van der Waals surface area contributed by atoms with Crippen LogP contribution in [0.4, 0.5) is 0 Å². The van der Waals surface area contributed by atoms with Gasteiger partial charge in [0.1, 0.15) is 0 Å². The van der Waals surface area contributed by atoms with Crippen LogP contribution in [-0.4, -0.2) is 41.4 Å². The third-order valence-electron chi connectivity index (χ3n) is 5.91. The summed E-state index contributed by atoms with van der Waals surface area (Å²) in [7, 11) is 0. The maximum atomic E-state index is 11.9. The quantitative estimate of drug-likeness (QED) is 0.374. The first-order chi connectivity index (χ1) is 15.6. The summed E-state index contributed by atoms with van der Waals surface area (Å²) >= 11 is 0. The molecule has 32 heavy (non-hydrogen) atoms. The summed E-state index contributed by atoms with van der Waals surface area (Å²) in [5.74, 6) is 1.08. The molecule has 6 heteroatoms. The number of H-pyrrole nitrogens is 1. The van der Waals surface area contributed by atoms with Crippen molar-refractivity contribution in [1.82, 2.24) is 20.5 Å². The van der Waals surface area contributed by atoms with Gasteiger partial charge >= 0.3 is 0 Å². The largest absolute Gasteiger partial charge is 0.361 e. The lowest BCUT2D eigenvalue weighted by Gasteiger charge is -2.16. The Hall–Kier alpha value is -3.28. The van der Waals surface area contributed by atoms with E-state index in [1.807, 2.05) is 4.90 Å². The number of aromatic nitrogens is 1. The first-order valence-electron chi connectivity index (χ1n) is 11.6. The first kappa shape index (κ1) is 21.9. The molecule has 0 unspecified atom stereocenters. The number of benzene rings is 2. The van der Waals surface area contributed by atoms with E-state index in [-0.39, 0.29) is 5.91 Å². The summed E-state index contributed by atoms with van der Waals surface area (Å²) in [4.78, 5) is 22.0. The van der Waals surface area contributed by atoms with E-state index in [0.29, 0.717) is 19.5 Å². The van der Waals surface area contributed by atoms with Gasteiger partial charge in [-0.2, -0.15) is 0 Å². The highest BCUT2D eigenvalue weighted by atomic mass is 16.2. The minimum atomic E-state index is 0.261. The van der Waals surface area contributed by atoms with Crippen molar-refractivity contribution in [2.75, 3.05) is 19.6 Å². The molecule has 0 aliphatic carbocycles. The predicted molar refractivity (Wildman–Crippen MR) is 131 cm³/mol. The first-order valence-corrected chi connectivity index (χ1v) is 11.6. The summed E-state index contributed by atoms with van der Waals surface area (Å²) in [5, 5.41) is 8.08. The Bertz CT molecular complexity index is 1100. The van der Waals surface area contributed by atoms with Crippen LogP contribution in [0, 0.1) is 6.92 Å². The molecule has 1 fully saturated rings. The molecule has 0 bridgehead atoms. The third kappa shape index (κ3) is 5.49. The van der Waals surface area contributed by atoms with Crippen molar-refractivity contribution in [3.05, 3.63) is 70.9 Å². The number of hydrogen-bond acceptors (Lipinski definition) is 2. The number of likely N-dealkylation sites (tertiary alicyclic amines) is 1. The van der Waals surface area contributed by atoms with Gasteiger partial charge in [0, 0.05) is 49.7 Å². The zero-order chi connectivity index (χ0) is 22.3. The number of fused-ring (bicyclic) bond motifs is 1. The number of amides is 1. The van der Waals surface area contributed by atoms with E-state index in [4.69, 9.17) is 4.99 Å². The van der Waals surface area contributed by atoms with Crippen LogP contribution in [0.25, 0.3) is 10.9 Å². The van der Waals surface area contributed by atoms with Crippen LogP contribution in [-0.2, 0) is 24.3 Å². The Labute approximate surface area is 190 Å². The second-order valence-corrected chi connectivity index (χ2v) is 8.47. The van der Waals surface area contributed by atoms with Crippen LogP contribution in [0.3, 0.4) is 0 Å². The number of guanidine groups is 1. The topological polar surface area (TPSA) is 72.5 Å². The van der Waals surface area contributed by atoms with E-state index < -0.39 is 0 Å². The Morgan fingerprint density at radius 2 is 2.03 bits per heavy atom. The van der Waals surface area contributed by atoms with Crippen LogP contribution in [0.5, 0.6) is 0 Å². The molecule has 2 heterocycles. The van der Waals surface area contributed by atoms with Gasteiger partial charge in [0.15, 0.2) is 5.96 Å². The van der Waals surface area contributed by atoms with E-state index in [2.05, 4.69) is 78.1 Å². The molecule has 1 aliphatic heterocycles. The van der Waals surface area contributed by atoms with Gasteiger partial charge in [-0.3, -0.25) is 4.79 Å². The van der Waals surface area contributed by atoms with Gasteiger partial charge in [-0.25, -0.2) is 4.99 Å². The molecule has 168 valence electrons. The molecule has 2 aromatic carbocycles. The Kier molecular flexibility index (Phi) is 7.10. The average molecular weight is 432 g/mol. The van der Waals surface area contributed by atoms with Crippen molar-refractivity contribution in [1.29, 1.82) is 0 Å². The van der Waals surface area contributed by atoms with Crippen molar-refractivity contribution >= 4 is 22.8 Å². The monoisotopic (exact) mass is 431 g/mol. The van der Waals surface area contributed by atoms with Gasteiger partial charge in [-0.05, 0) is 55.0 Å². The average Bonchev–Trinajstić information content (AvgIpc) is 3.38. The highest BCUT2D eigenvalue weighted by Crippen LogP contribution is 2.19. The fourth-order valence-corrected chi connectivity index (χ4v) is 4.25. The van der Waals surface area contributed by atoms with E-state index in [9.17, 15) is 4.79 Å². The second-order valence-electron chi connectivity index (χ2n) is 8.47. The molecular formula is C26H33N5O. The summed E-state index contributed by atoms with van der Waals surface area (Å²) in [6.45, 7) is 7.97. The van der Waals surface area contributed by atoms with Gasteiger partial charge in [-0.15, -0.1) is 0 Å². The number of aryl methyl sites for hydroxylation is 1. The highest BCUT2D eigenvalue weighted by molar-refractivity contribution is 5.84. The lowest BCUT2D eigenvalue weighted by molar-refractivity contribution is -0.128. The molecule has 1 saturated heterocycles. The van der Waals surface area contributed by atoms with Crippen LogP contribution < -0.4 is 10.6 Å². The number of nitrogens with one attached hydrogen (secondary N) is 3.